The van der Waals surface area contributed by atoms with Gasteiger partial charge in [0, 0.05) is 12.1 Å². The van der Waals surface area contributed by atoms with Crippen molar-refractivity contribution in [2.24, 2.45) is 5.92 Å². The van der Waals surface area contributed by atoms with E-state index >= 15 is 0 Å². The summed E-state index contributed by atoms with van der Waals surface area (Å²) in [6, 6.07) is 5.82. The van der Waals surface area contributed by atoms with Gasteiger partial charge in [0.2, 0.25) is 5.91 Å². The first-order valence-electron chi connectivity index (χ1n) is 6.66. The number of carbonyl (C=O) groups excluding carboxylic acids is 1. The SMILES string of the molecule is CC(C)=CCCC(C)CC(=O)Nc1ccc(F)cc1. The Hall–Kier alpha value is -1.64. The fourth-order valence-electron chi connectivity index (χ4n) is 1.82. The van der Waals surface area contributed by atoms with Gasteiger partial charge in [-0.05, 0) is 56.9 Å². The molecule has 0 bridgehead atoms. The smallest absolute Gasteiger partial charge is 0.224 e. The lowest BCUT2D eigenvalue weighted by atomic mass is 10.0. The minimum absolute atomic E-state index is 0.0173. The van der Waals surface area contributed by atoms with Crippen molar-refractivity contribution >= 4 is 11.6 Å². The van der Waals surface area contributed by atoms with Crippen LogP contribution in [0, 0.1) is 11.7 Å². The van der Waals surface area contributed by atoms with E-state index in [0.717, 1.165) is 12.8 Å². The molecule has 1 aromatic rings. The molecule has 0 aromatic heterocycles. The molecular formula is C16H22FNO. The van der Waals surface area contributed by atoms with Gasteiger partial charge in [-0.25, -0.2) is 4.39 Å². The summed E-state index contributed by atoms with van der Waals surface area (Å²) in [4.78, 5) is 11.8. The standard InChI is InChI=1S/C16H22FNO/c1-12(2)5-4-6-13(3)11-16(19)18-15-9-7-14(17)8-10-15/h5,7-10,13H,4,6,11H2,1-3H3,(H,18,19). The average molecular weight is 263 g/mol. The van der Waals surface area contributed by atoms with E-state index < -0.39 is 0 Å². The third-order valence-electron chi connectivity index (χ3n) is 2.87. The van der Waals surface area contributed by atoms with Crippen LogP contribution in [0.25, 0.3) is 0 Å². The van der Waals surface area contributed by atoms with E-state index in [1.807, 2.05) is 0 Å². The molecule has 0 heterocycles. The van der Waals surface area contributed by atoms with Crippen LogP contribution in [0.3, 0.4) is 0 Å². The number of hydrogen-bond donors (Lipinski definition) is 1. The second kappa shape index (κ2) is 7.72. The Morgan fingerprint density at radius 3 is 2.53 bits per heavy atom. The number of allylic oxidation sites excluding steroid dienone is 2. The molecule has 0 spiro atoms. The van der Waals surface area contributed by atoms with Crippen molar-refractivity contribution in [1.82, 2.24) is 0 Å². The summed E-state index contributed by atoms with van der Waals surface area (Å²) < 4.78 is 12.7. The Morgan fingerprint density at radius 1 is 1.32 bits per heavy atom. The zero-order valence-corrected chi connectivity index (χ0v) is 11.9. The first kappa shape index (κ1) is 15.4. The van der Waals surface area contributed by atoms with Crippen molar-refractivity contribution < 1.29 is 9.18 Å². The molecule has 1 atom stereocenters. The van der Waals surface area contributed by atoms with Crippen LogP contribution >= 0.6 is 0 Å². The van der Waals surface area contributed by atoms with Gasteiger partial charge in [0.15, 0.2) is 0 Å². The Balaban J connectivity index is 2.34. The molecule has 1 unspecified atom stereocenters. The molecule has 0 aliphatic rings. The molecule has 0 radical (unpaired) electrons. The van der Waals surface area contributed by atoms with Crippen LogP contribution in [0.15, 0.2) is 35.9 Å². The van der Waals surface area contributed by atoms with E-state index in [1.54, 1.807) is 12.1 Å². The van der Waals surface area contributed by atoms with Gasteiger partial charge in [-0.1, -0.05) is 18.6 Å². The first-order valence-corrected chi connectivity index (χ1v) is 6.66. The van der Waals surface area contributed by atoms with Crippen LogP contribution < -0.4 is 5.32 Å². The molecule has 1 N–H and O–H groups in total. The maximum absolute atomic E-state index is 12.7. The normalized spacial score (nSPS) is 11.8. The first-order chi connectivity index (χ1) is 8.97. The van der Waals surface area contributed by atoms with Gasteiger partial charge in [-0.2, -0.15) is 0 Å². The van der Waals surface area contributed by atoms with Crippen molar-refractivity contribution in [3.63, 3.8) is 0 Å². The Bertz CT molecular complexity index is 433. The van der Waals surface area contributed by atoms with Gasteiger partial charge in [-0.3, -0.25) is 4.79 Å². The molecule has 1 aromatic carbocycles. The highest BCUT2D eigenvalue weighted by atomic mass is 19.1. The molecule has 0 saturated heterocycles. The lowest BCUT2D eigenvalue weighted by Crippen LogP contribution is -2.15. The van der Waals surface area contributed by atoms with Crippen LogP contribution in [0.4, 0.5) is 10.1 Å². The van der Waals surface area contributed by atoms with Gasteiger partial charge >= 0.3 is 0 Å². The molecule has 0 saturated carbocycles. The molecule has 3 heteroatoms. The fraction of sp³-hybridized carbons (Fsp3) is 0.438. The average Bonchev–Trinajstić information content (AvgIpc) is 2.31. The zero-order valence-electron chi connectivity index (χ0n) is 11.9. The lowest BCUT2D eigenvalue weighted by molar-refractivity contribution is -0.117. The third-order valence-corrected chi connectivity index (χ3v) is 2.87. The van der Waals surface area contributed by atoms with Crippen LogP contribution in [0.1, 0.15) is 40.0 Å². The van der Waals surface area contributed by atoms with Crippen molar-refractivity contribution in [3.8, 4) is 0 Å². The quantitative estimate of drug-likeness (QED) is 0.750. The van der Waals surface area contributed by atoms with Crippen LogP contribution in [0.5, 0.6) is 0 Å². The number of carbonyl (C=O) groups is 1. The highest BCUT2D eigenvalue weighted by Gasteiger charge is 2.08. The monoisotopic (exact) mass is 263 g/mol. The van der Waals surface area contributed by atoms with Gasteiger partial charge in [0.05, 0.1) is 0 Å². The zero-order chi connectivity index (χ0) is 14.3. The van der Waals surface area contributed by atoms with E-state index in [2.05, 4.69) is 32.2 Å². The Kier molecular flexibility index (Phi) is 6.26. The van der Waals surface area contributed by atoms with Crippen molar-refractivity contribution in [1.29, 1.82) is 0 Å². The van der Waals surface area contributed by atoms with E-state index in [4.69, 9.17) is 0 Å². The number of hydrogen-bond acceptors (Lipinski definition) is 1. The van der Waals surface area contributed by atoms with Gasteiger partial charge in [0.1, 0.15) is 5.82 Å². The lowest BCUT2D eigenvalue weighted by Gasteiger charge is -2.10. The molecular weight excluding hydrogens is 241 g/mol. The maximum Gasteiger partial charge on any atom is 0.224 e. The van der Waals surface area contributed by atoms with Gasteiger partial charge in [-0.15, -0.1) is 0 Å². The van der Waals surface area contributed by atoms with Gasteiger partial charge < -0.3 is 5.32 Å². The third kappa shape index (κ3) is 6.75. The summed E-state index contributed by atoms with van der Waals surface area (Å²) >= 11 is 0. The summed E-state index contributed by atoms with van der Waals surface area (Å²) in [5.41, 5.74) is 1.95. The highest BCUT2D eigenvalue weighted by Crippen LogP contribution is 2.14. The Labute approximate surface area is 114 Å². The van der Waals surface area contributed by atoms with Crippen molar-refractivity contribution in [3.05, 3.63) is 41.7 Å². The number of halogens is 1. The van der Waals surface area contributed by atoms with Gasteiger partial charge in [0.25, 0.3) is 0 Å². The summed E-state index contributed by atoms with van der Waals surface area (Å²) in [6.45, 7) is 6.22. The van der Waals surface area contributed by atoms with E-state index in [0.29, 0.717) is 18.0 Å². The topological polar surface area (TPSA) is 29.1 Å². The molecule has 1 rings (SSSR count). The number of amides is 1. The number of rotatable bonds is 6. The molecule has 0 aliphatic heterocycles. The molecule has 0 fully saturated rings. The summed E-state index contributed by atoms with van der Waals surface area (Å²) in [5.74, 6) is 0.0282. The fourth-order valence-corrected chi connectivity index (χ4v) is 1.82. The Morgan fingerprint density at radius 2 is 1.95 bits per heavy atom. The summed E-state index contributed by atoms with van der Waals surface area (Å²) in [7, 11) is 0. The summed E-state index contributed by atoms with van der Waals surface area (Å²) in [5, 5.41) is 2.78. The van der Waals surface area contributed by atoms with E-state index in [9.17, 15) is 9.18 Å². The molecule has 104 valence electrons. The second-order valence-electron chi connectivity index (χ2n) is 5.22. The predicted octanol–water partition coefficient (Wildman–Crippen LogP) is 4.54. The molecule has 0 aliphatic carbocycles. The highest BCUT2D eigenvalue weighted by molar-refractivity contribution is 5.90. The number of benzene rings is 1. The van der Waals surface area contributed by atoms with Crippen molar-refractivity contribution in [2.75, 3.05) is 5.32 Å². The number of nitrogens with one attached hydrogen (secondary N) is 1. The van der Waals surface area contributed by atoms with E-state index in [-0.39, 0.29) is 11.7 Å². The predicted molar refractivity (Wildman–Crippen MR) is 77.5 cm³/mol. The van der Waals surface area contributed by atoms with Crippen LogP contribution in [0.2, 0.25) is 0 Å². The maximum atomic E-state index is 12.7. The molecule has 1 amide bonds. The minimum Gasteiger partial charge on any atom is -0.326 e. The largest absolute Gasteiger partial charge is 0.326 e. The van der Waals surface area contributed by atoms with E-state index in [1.165, 1.54) is 17.7 Å². The second-order valence-corrected chi connectivity index (χ2v) is 5.22. The molecule has 19 heavy (non-hydrogen) atoms. The summed E-state index contributed by atoms with van der Waals surface area (Å²) in [6.07, 6.45) is 4.69. The van der Waals surface area contributed by atoms with Crippen LogP contribution in [-0.2, 0) is 4.79 Å². The van der Waals surface area contributed by atoms with Crippen molar-refractivity contribution in [2.45, 2.75) is 40.0 Å². The number of anilines is 1. The molecule has 2 nitrogen and oxygen atoms in total. The minimum atomic E-state index is -0.298. The van der Waals surface area contributed by atoms with Crippen LogP contribution in [-0.4, -0.2) is 5.91 Å².